The smallest absolute Gasteiger partial charge is 0.254 e. The van der Waals surface area contributed by atoms with Crippen molar-refractivity contribution in [2.24, 2.45) is 5.16 Å². The summed E-state index contributed by atoms with van der Waals surface area (Å²) in [4.78, 5) is 36.7. The van der Waals surface area contributed by atoms with Crippen LogP contribution in [0.3, 0.4) is 0 Å². The van der Waals surface area contributed by atoms with E-state index >= 15 is 0 Å². The van der Waals surface area contributed by atoms with Gasteiger partial charge in [0.1, 0.15) is 7.11 Å². The molecule has 1 fully saturated rings. The van der Waals surface area contributed by atoms with Crippen molar-refractivity contribution in [3.63, 3.8) is 0 Å². The third kappa shape index (κ3) is 6.10. The zero-order chi connectivity index (χ0) is 24.6. The Kier molecular flexibility index (Phi) is 7.84. The Labute approximate surface area is 204 Å². The lowest BCUT2D eigenvalue weighted by Crippen LogP contribution is -2.40. The van der Waals surface area contributed by atoms with Gasteiger partial charge in [0, 0.05) is 43.4 Å². The summed E-state index contributed by atoms with van der Waals surface area (Å²) in [5, 5.41) is 17.1. The third-order valence-corrected chi connectivity index (χ3v) is 5.97. The van der Waals surface area contributed by atoms with Crippen LogP contribution in [-0.4, -0.2) is 58.8 Å². The molecule has 0 radical (unpaired) electrons. The molecule has 1 aromatic heterocycles. The highest BCUT2D eigenvalue weighted by molar-refractivity contribution is 6.01. The van der Waals surface area contributed by atoms with E-state index in [4.69, 9.17) is 4.84 Å². The molecule has 2 atom stereocenters. The average molecular weight is 473 g/mol. The van der Waals surface area contributed by atoms with Crippen molar-refractivity contribution in [1.29, 1.82) is 0 Å². The lowest BCUT2D eigenvalue weighted by atomic mass is 10.0. The van der Waals surface area contributed by atoms with E-state index in [9.17, 15) is 14.7 Å². The Morgan fingerprint density at radius 3 is 2.57 bits per heavy atom. The SMILES string of the molecule is CON=C1C[C@@H](CC(=O)NC[C@@H](O)c2ccccc2)N(C(=O)c2ccc(-c3cccnc3)cc2)C1. The van der Waals surface area contributed by atoms with Gasteiger partial charge in [0.05, 0.1) is 18.4 Å². The number of amides is 2. The molecular formula is C27H28N4O4. The van der Waals surface area contributed by atoms with Crippen LogP contribution in [0.4, 0.5) is 0 Å². The van der Waals surface area contributed by atoms with Crippen LogP contribution >= 0.6 is 0 Å². The Morgan fingerprint density at radius 2 is 1.89 bits per heavy atom. The number of hydrogen-bond acceptors (Lipinski definition) is 6. The quantitative estimate of drug-likeness (QED) is 0.490. The van der Waals surface area contributed by atoms with Crippen molar-refractivity contribution in [2.75, 3.05) is 20.2 Å². The van der Waals surface area contributed by atoms with Crippen LogP contribution in [0.25, 0.3) is 11.1 Å². The number of benzene rings is 2. The van der Waals surface area contributed by atoms with E-state index in [2.05, 4.69) is 15.5 Å². The largest absolute Gasteiger partial charge is 0.399 e. The highest BCUT2D eigenvalue weighted by Gasteiger charge is 2.35. The van der Waals surface area contributed by atoms with Crippen LogP contribution in [0.1, 0.15) is 34.9 Å². The molecule has 2 aromatic carbocycles. The number of aromatic nitrogens is 1. The first-order chi connectivity index (χ1) is 17.0. The summed E-state index contributed by atoms with van der Waals surface area (Å²) in [5.41, 5.74) is 3.89. The summed E-state index contributed by atoms with van der Waals surface area (Å²) in [6.07, 6.45) is 3.23. The molecule has 0 aliphatic carbocycles. The number of oxime groups is 1. The number of likely N-dealkylation sites (tertiary alicyclic amines) is 1. The number of nitrogens with one attached hydrogen (secondary N) is 1. The molecule has 2 amide bonds. The predicted molar refractivity (Wildman–Crippen MR) is 133 cm³/mol. The summed E-state index contributed by atoms with van der Waals surface area (Å²) < 4.78 is 0. The standard InChI is InChI=1S/C27H28N4O4/c1-35-30-23-14-24(15-26(33)29-17-25(32)20-6-3-2-4-7-20)31(18-23)27(34)21-11-9-19(10-12-21)22-8-5-13-28-16-22/h2-13,16,24-25,32H,14-15,17-18H2,1H3,(H,29,33)/t24-,25+/m0/s1. The maximum Gasteiger partial charge on any atom is 0.254 e. The first-order valence-corrected chi connectivity index (χ1v) is 11.4. The maximum atomic E-state index is 13.3. The minimum Gasteiger partial charge on any atom is -0.399 e. The average Bonchev–Trinajstić information content (AvgIpc) is 3.30. The highest BCUT2D eigenvalue weighted by atomic mass is 16.6. The number of carbonyl (C=O) groups excluding carboxylic acids is 2. The van der Waals surface area contributed by atoms with Crippen molar-refractivity contribution in [1.82, 2.24) is 15.2 Å². The molecule has 3 aromatic rings. The predicted octanol–water partition coefficient (Wildman–Crippen LogP) is 3.21. The molecule has 2 N–H and O–H groups in total. The summed E-state index contributed by atoms with van der Waals surface area (Å²) in [5.74, 6) is -0.417. The maximum absolute atomic E-state index is 13.3. The molecule has 2 heterocycles. The van der Waals surface area contributed by atoms with Gasteiger partial charge in [0.2, 0.25) is 5.91 Å². The van der Waals surface area contributed by atoms with Gasteiger partial charge in [0.15, 0.2) is 0 Å². The third-order valence-electron chi connectivity index (χ3n) is 5.97. The van der Waals surface area contributed by atoms with E-state index in [1.54, 1.807) is 41.6 Å². The zero-order valence-corrected chi connectivity index (χ0v) is 19.5. The van der Waals surface area contributed by atoms with Crippen LogP contribution < -0.4 is 5.32 Å². The molecule has 1 aliphatic heterocycles. The van der Waals surface area contributed by atoms with Gasteiger partial charge in [-0.1, -0.05) is 53.7 Å². The summed E-state index contributed by atoms with van der Waals surface area (Å²) >= 11 is 0. The molecule has 8 heteroatoms. The van der Waals surface area contributed by atoms with Crippen molar-refractivity contribution in [3.8, 4) is 11.1 Å². The van der Waals surface area contributed by atoms with Crippen LogP contribution in [0.2, 0.25) is 0 Å². The lowest BCUT2D eigenvalue weighted by molar-refractivity contribution is -0.122. The van der Waals surface area contributed by atoms with Crippen molar-refractivity contribution in [2.45, 2.75) is 25.0 Å². The number of aliphatic hydroxyl groups excluding tert-OH is 1. The van der Waals surface area contributed by atoms with E-state index in [1.165, 1.54) is 7.11 Å². The van der Waals surface area contributed by atoms with Crippen molar-refractivity contribution in [3.05, 3.63) is 90.3 Å². The van der Waals surface area contributed by atoms with Crippen LogP contribution in [0.15, 0.2) is 84.3 Å². The van der Waals surface area contributed by atoms with Crippen molar-refractivity contribution < 1.29 is 19.5 Å². The fraction of sp³-hybridized carbons (Fsp3) is 0.259. The number of aliphatic hydroxyl groups is 1. The Balaban J connectivity index is 1.42. The van der Waals surface area contributed by atoms with Gasteiger partial charge >= 0.3 is 0 Å². The van der Waals surface area contributed by atoms with Gasteiger partial charge in [-0.05, 0) is 34.9 Å². The molecule has 8 nitrogen and oxygen atoms in total. The summed E-state index contributed by atoms with van der Waals surface area (Å²) in [6, 6.07) is 20.0. The molecule has 35 heavy (non-hydrogen) atoms. The van der Waals surface area contributed by atoms with Crippen molar-refractivity contribution >= 4 is 17.5 Å². The minimum atomic E-state index is -0.801. The number of carbonyl (C=O) groups is 2. The second-order valence-electron chi connectivity index (χ2n) is 8.38. The lowest BCUT2D eigenvalue weighted by Gasteiger charge is -2.24. The molecule has 0 spiro atoms. The molecule has 0 saturated carbocycles. The molecule has 0 bridgehead atoms. The molecule has 1 saturated heterocycles. The van der Waals surface area contributed by atoms with Gasteiger partial charge in [-0.3, -0.25) is 14.6 Å². The Morgan fingerprint density at radius 1 is 1.11 bits per heavy atom. The summed E-state index contributed by atoms with van der Waals surface area (Å²) in [6.45, 7) is 0.389. The highest BCUT2D eigenvalue weighted by Crippen LogP contribution is 2.24. The van der Waals surface area contributed by atoms with Crippen LogP contribution in [0.5, 0.6) is 0 Å². The molecule has 1 aliphatic rings. The van der Waals surface area contributed by atoms with Gasteiger partial charge in [-0.15, -0.1) is 0 Å². The van der Waals surface area contributed by atoms with Gasteiger partial charge in [-0.25, -0.2) is 0 Å². The number of hydrogen-bond donors (Lipinski definition) is 2. The van der Waals surface area contributed by atoms with Gasteiger partial charge in [0.25, 0.3) is 5.91 Å². The van der Waals surface area contributed by atoms with E-state index < -0.39 is 6.10 Å². The van der Waals surface area contributed by atoms with E-state index in [0.717, 1.165) is 16.7 Å². The number of nitrogens with zero attached hydrogens (tertiary/aromatic N) is 3. The van der Waals surface area contributed by atoms with E-state index in [-0.39, 0.29) is 30.8 Å². The second-order valence-corrected chi connectivity index (χ2v) is 8.38. The first kappa shape index (κ1) is 24.1. The van der Waals surface area contributed by atoms with Crippen LogP contribution in [0, 0.1) is 0 Å². The summed E-state index contributed by atoms with van der Waals surface area (Å²) in [7, 11) is 1.46. The number of pyridine rings is 1. The molecule has 4 rings (SSSR count). The minimum absolute atomic E-state index is 0.0956. The fourth-order valence-corrected chi connectivity index (χ4v) is 4.18. The topological polar surface area (TPSA) is 104 Å². The number of rotatable bonds is 8. The Bertz CT molecular complexity index is 1170. The van der Waals surface area contributed by atoms with Gasteiger partial charge < -0.3 is 20.2 Å². The first-order valence-electron chi connectivity index (χ1n) is 11.4. The molecule has 180 valence electrons. The Hall–Kier alpha value is -4.04. The fourth-order valence-electron chi connectivity index (χ4n) is 4.18. The van der Waals surface area contributed by atoms with E-state index in [1.807, 2.05) is 42.5 Å². The van der Waals surface area contributed by atoms with Gasteiger partial charge in [-0.2, -0.15) is 0 Å². The zero-order valence-electron chi connectivity index (χ0n) is 19.5. The normalized spacial score (nSPS) is 17.3. The molecule has 0 unspecified atom stereocenters. The second kappa shape index (κ2) is 11.4. The monoisotopic (exact) mass is 472 g/mol. The van der Waals surface area contributed by atoms with Crippen LogP contribution in [-0.2, 0) is 9.63 Å². The van der Waals surface area contributed by atoms with E-state index in [0.29, 0.717) is 24.2 Å². The molecular weight excluding hydrogens is 444 g/mol.